The first-order valence-electron chi connectivity index (χ1n) is 7.17. The van der Waals surface area contributed by atoms with Crippen LogP contribution in [0.3, 0.4) is 0 Å². The Morgan fingerprint density at radius 1 is 1.14 bits per heavy atom. The smallest absolute Gasteiger partial charge is 0.416 e. The van der Waals surface area contributed by atoms with Gasteiger partial charge in [0.1, 0.15) is 5.75 Å². The van der Waals surface area contributed by atoms with Crippen molar-refractivity contribution in [1.29, 1.82) is 0 Å². The summed E-state index contributed by atoms with van der Waals surface area (Å²) >= 11 is 5.37. The van der Waals surface area contributed by atoms with Crippen LogP contribution >= 0.6 is 6.64 Å². The van der Waals surface area contributed by atoms with Gasteiger partial charge in [0.25, 0.3) is 0 Å². The average molecular weight is 355 g/mol. The highest BCUT2D eigenvalue weighted by Crippen LogP contribution is 2.44. The third-order valence-electron chi connectivity index (χ3n) is 2.79. The molecule has 0 heterocycles. The number of unbranched alkanes of at least 4 members (excludes halogenated alkanes) is 2. The molecule has 126 valence electrons. The third kappa shape index (κ3) is 6.65. The molecule has 1 atom stereocenters. The first-order chi connectivity index (χ1) is 10.3. The van der Waals surface area contributed by atoms with E-state index in [0.29, 0.717) is 13.2 Å². The van der Waals surface area contributed by atoms with Crippen LogP contribution in [0.4, 0.5) is 13.2 Å². The molecule has 1 aromatic carbocycles. The van der Waals surface area contributed by atoms with Crippen molar-refractivity contribution in [2.24, 2.45) is 0 Å². The monoisotopic (exact) mass is 355 g/mol. The minimum absolute atomic E-state index is 0.271. The molecule has 8 heteroatoms. The van der Waals surface area contributed by atoms with Gasteiger partial charge in [-0.2, -0.15) is 13.2 Å². The van der Waals surface area contributed by atoms with Gasteiger partial charge >= 0.3 is 12.8 Å². The standard InChI is InChI=1S/C14H21F3NO2PS/c1-3-5-6-11-18-21(22,19-4-2)20-13-9-7-12(8-10-13)14(15,16)17/h7-10H,3-6,11H2,1-2H3,(H,18,22). The minimum atomic E-state index is -4.36. The third-order valence-corrected chi connectivity index (χ3v) is 5.38. The van der Waals surface area contributed by atoms with Crippen molar-refractivity contribution in [3.63, 3.8) is 0 Å². The van der Waals surface area contributed by atoms with Gasteiger partial charge in [-0.3, -0.25) is 0 Å². The Balaban J connectivity index is 2.71. The lowest BCUT2D eigenvalue weighted by Crippen LogP contribution is -2.18. The summed E-state index contributed by atoms with van der Waals surface area (Å²) in [5, 5.41) is 3.08. The van der Waals surface area contributed by atoms with E-state index in [1.807, 2.05) is 0 Å². The van der Waals surface area contributed by atoms with Crippen LogP contribution in [0.2, 0.25) is 0 Å². The molecule has 0 saturated carbocycles. The van der Waals surface area contributed by atoms with Crippen LogP contribution in [0.15, 0.2) is 24.3 Å². The lowest BCUT2D eigenvalue weighted by atomic mass is 10.2. The van der Waals surface area contributed by atoms with E-state index >= 15 is 0 Å². The average Bonchev–Trinajstić information content (AvgIpc) is 2.43. The molecule has 0 aliphatic heterocycles. The van der Waals surface area contributed by atoms with Gasteiger partial charge in [-0.15, -0.1) is 0 Å². The number of hydrogen-bond acceptors (Lipinski definition) is 3. The maximum absolute atomic E-state index is 12.5. The summed E-state index contributed by atoms with van der Waals surface area (Å²) in [4.78, 5) is 0. The summed E-state index contributed by atoms with van der Waals surface area (Å²) in [6, 6.07) is 4.46. The van der Waals surface area contributed by atoms with E-state index in [-0.39, 0.29) is 5.75 Å². The summed E-state index contributed by atoms with van der Waals surface area (Å²) in [7, 11) is 0. The first-order valence-corrected chi connectivity index (χ1v) is 9.81. The van der Waals surface area contributed by atoms with Gasteiger partial charge in [0, 0.05) is 6.54 Å². The van der Waals surface area contributed by atoms with Crippen LogP contribution in [0.1, 0.15) is 38.7 Å². The number of halogens is 3. The minimum Gasteiger partial charge on any atom is -0.433 e. The van der Waals surface area contributed by atoms with E-state index < -0.39 is 18.4 Å². The maximum Gasteiger partial charge on any atom is 0.416 e. The van der Waals surface area contributed by atoms with E-state index in [1.165, 1.54) is 12.1 Å². The molecule has 1 unspecified atom stereocenters. The number of benzene rings is 1. The molecular formula is C14H21F3NO2PS. The molecule has 0 aliphatic rings. The molecule has 0 fully saturated rings. The number of hydrogen-bond donors (Lipinski definition) is 1. The second kappa shape index (κ2) is 8.87. The number of alkyl halides is 3. The quantitative estimate of drug-likeness (QED) is 0.492. The van der Waals surface area contributed by atoms with Crippen LogP contribution in [0.25, 0.3) is 0 Å². The van der Waals surface area contributed by atoms with Crippen LogP contribution in [-0.4, -0.2) is 13.2 Å². The molecule has 0 radical (unpaired) electrons. The van der Waals surface area contributed by atoms with Crippen molar-refractivity contribution in [2.75, 3.05) is 13.2 Å². The first kappa shape index (κ1) is 19.4. The van der Waals surface area contributed by atoms with Gasteiger partial charge in [-0.25, -0.2) is 5.09 Å². The van der Waals surface area contributed by atoms with E-state index in [9.17, 15) is 13.2 Å². The van der Waals surface area contributed by atoms with Crippen LogP contribution in [0.5, 0.6) is 5.75 Å². The molecule has 1 N–H and O–H groups in total. The Morgan fingerprint density at radius 2 is 1.77 bits per heavy atom. The zero-order valence-corrected chi connectivity index (χ0v) is 14.4. The Labute approximate surface area is 134 Å². The lowest BCUT2D eigenvalue weighted by Gasteiger charge is -2.23. The predicted octanol–water partition coefficient (Wildman–Crippen LogP) is 5.13. The molecule has 0 bridgehead atoms. The highest BCUT2D eigenvalue weighted by atomic mass is 32.5. The second-order valence-corrected chi connectivity index (χ2v) is 7.84. The van der Waals surface area contributed by atoms with Gasteiger partial charge < -0.3 is 9.05 Å². The van der Waals surface area contributed by atoms with Gasteiger partial charge in [0.05, 0.1) is 12.2 Å². The van der Waals surface area contributed by atoms with Gasteiger partial charge in [-0.1, -0.05) is 19.8 Å². The lowest BCUT2D eigenvalue weighted by molar-refractivity contribution is -0.137. The van der Waals surface area contributed by atoms with E-state index in [2.05, 4.69) is 12.0 Å². The molecule has 1 aromatic rings. The van der Waals surface area contributed by atoms with Crippen molar-refractivity contribution in [3.8, 4) is 5.75 Å². The van der Waals surface area contributed by atoms with Crippen LogP contribution in [-0.2, 0) is 22.5 Å². The second-order valence-electron chi connectivity index (χ2n) is 4.64. The van der Waals surface area contributed by atoms with Crippen molar-refractivity contribution >= 4 is 18.4 Å². The molecule has 0 aromatic heterocycles. The van der Waals surface area contributed by atoms with Gasteiger partial charge in [-0.05, 0) is 49.4 Å². The molecule has 3 nitrogen and oxygen atoms in total. The molecule has 0 saturated heterocycles. The largest absolute Gasteiger partial charge is 0.433 e. The van der Waals surface area contributed by atoms with Crippen molar-refractivity contribution < 1.29 is 22.2 Å². The van der Waals surface area contributed by atoms with E-state index in [0.717, 1.165) is 31.4 Å². The normalized spacial score (nSPS) is 14.6. The molecule has 1 rings (SSSR count). The maximum atomic E-state index is 12.5. The highest BCUT2D eigenvalue weighted by Gasteiger charge is 2.30. The Bertz CT molecular complexity index is 494. The fourth-order valence-corrected chi connectivity index (χ4v) is 3.94. The van der Waals surface area contributed by atoms with Crippen molar-refractivity contribution in [2.45, 2.75) is 39.3 Å². The summed E-state index contributed by atoms with van der Waals surface area (Å²) in [6.45, 7) is 2.19. The zero-order valence-electron chi connectivity index (χ0n) is 12.7. The topological polar surface area (TPSA) is 30.5 Å². The molecule has 22 heavy (non-hydrogen) atoms. The summed E-state index contributed by atoms with van der Waals surface area (Å²) in [5.74, 6) is 0.271. The summed E-state index contributed by atoms with van der Waals surface area (Å²) < 4.78 is 48.7. The predicted molar refractivity (Wildman–Crippen MR) is 85.5 cm³/mol. The molecule has 0 aliphatic carbocycles. The van der Waals surface area contributed by atoms with Gasteiger partial charge in [0.15, 0.2) is 0 Å². The van der Waals surface area contributed by atoms with Gasteiger partial charge in [0.2, 0.25) is 0 Å². The fraction of sp³-hybridized carbons (Fsp3) is 0.571. The van der Waals surface area contributed by atoms with Crippen molar-refractivity contribution in [3.05, 3.63) is 29.8 Å². The van der Waals surface area contributed by atoms with Crippen LogP contribution < -0.4 is 9.61 Å². The Hall–Kier alpha value is -0.620. The van der Waals surface area contributed by atoms with Crippen LogP contribution in [0, 0.1) is 0 Å². The SMILES string of the molecule is CCCCCNP(=S)(OCC)Oc1ccc(C(F)(F)F)cc1. The Kier molecular flexibility index (Phi) is 7.83. The molecule has 0 amide bonds. The number of rotatable bonds is 9. The number of nitrogens with one attached hydrogen (secondary N) is 1. The summed E-state index contributed by atoms with van der Waals surface area (Å²) in [6.07, 6.45) is -1.27. The highest BCUT2D eigenvalue weighted by molar-refractivity contribution is 8.09. The van der Waals surface area contributed by atoms with E-state index in [4.69, 9.17) is 20.9 Å². The zero-order chi connectivity index (χ0) is 16.6. The fourth-order valence-electron chi connectivity index (χ4n) is 1.71. The van der Waals surface area contributed by atoms with Crippen molar-refractivity contribution in [1.82, 2.24) is 5.09 Å². The van der Waals surface area contributed by atoms with E-state index in [1.54, 1.807) is 6.92 Å². The molecular weight excluding hydrogens is 334 g/mol. The summed E-state index contributed by atoms with van der Waals surface area (Å²) in [5.41, 5.74) is -0.722. The molecule has 0 spiro atoms. The Morgan fingerprint density at radius 3 is 2.27 bits per heavy atom.